The Bertz CT molecular complexity index is 1050. The van der Waals surface area contributed by atoms with Crippen molar-refractivity contribution in [1.82, 2.24) is 18.9 Å². The molecule has 3 heterocycles. The second-order valence-electron chi connectivity index (χ2n) is 6.91. The van der Waals surface area contributed by atoms with E-state index < -0.39 is 10.0 Å². The maximum absolute atomic E-state index is 12.9. The molecule has 0 unspecified atom stereocenters. The van der Waals surface area contributed by atoms with Crippen molar-refractivity contribution in [2.75, 3.05) is 13.1 Å². The van der Waals surface area contributed by atoms with Crippen LogP contribution in [0, 0.1) is 13.8 Å². The molecule has 0 atom stereocenters. The summed E-state index contributed by atoms with van der Waals surface area (Å²) in [7, 11) is -3.45. The SMILES string of the molecule is Cc1ccc(S(=O)(=O)N2CCC(c3nnc4ccccn34)CC2)cc1C. The maximum Gasteiger partial charge on any atom is 0.243 e. The third kappa shape index (κ3) is 2.91. The van der Waals surface area contributed by atoms with Crippen molar-refractivity contribution >= 4 is 15.7 Å². The predicted octanol–water partition coefficient (Wildman–Crippen LogP) is 2.91. The average Bonchev–Trinajstić information content (AvgIpc) is 3.08. The fraction of sp³-hybridized carbons (Fsp3) is 0.368. The Balaban J connectivity index is 1.53. The number of sulfonamides is 1. The summed E-state index contributed by atoms with van der Waals surface area (Å²) in [6.07, 6.45) is 3.46. The Kier molecular flexibility index (Phi) is 4.28. The highest BCUT2D eigenvalue weighted by molar-refractivity contribution is 7.89. The van der Waals surface area contributed by atoms with E-state index in [1.807, 2.05) is 48.7 Å². The Morgan fingerprint density at radius 3 is 2.50 bits per heavy atom. The molecule has 136 valence electrons. The lowest BCUT2D eigenvalue weighted by Gasteiger charge is -2.30. The summed E-state index contributed by atoms with van der Waals surface area (Å²) < 4.78 is 29.5. The molecule has 1 fully saturated rings. The zero-order chi connectivity index (χ0) is 18.3. The quantitative estimate of drug-likeness (QED) is 0.711. The molecular formula is C19H22N4O2S. The predicted molar refractivity (Wildman–Crippen MR) is 99.6 cm³/mol. The number of piperidine rings is 1. The second kappa shape index (κ2) is 6.48. The summed E-state index contributed by atoms with van der Waals surface area (Å²) in [5.41, 5.74) is 2.92. The van der Waals surface area contributed by atoms with E-state index in [0.717, 1.165) is 35.4 Å². The van der Waals surface area contributed by atoms with Gasteiger partial charge in [0.15, 0.2) is 5.65 Å². The molecule has 7 heteroatoms. The zero-order valence-corrected chi connectivity index (χ0v) is 15.8. The Morgan fingerprint density at radius 1 is 1.00 bits per heavy atom. The monoisotopic (exact) mass is 370 g/mol. The van der Waals surface area contributed by atoms with Gasteiger partial charge in [0.2, 0.25) is 10.0 Å². The van der Waals surface area contributed by atoms with E-state index in [1.165, 1.54) is 0 Å². The summed E-state index contributed by atoms with van der Waals surface area (Å²) in [4.78, 5) is 0.381. The smallest absolute Gasteiger partial charge is 0.243 e. The van der Waals surface area contributed by atoms with E-state index in [1.54, 1.807) is 16.4 Å². The molecular weight excluding hydrogens is 348 g/mol. The largest absolute Gasteiger partial charge is 0.286 e. The molecule has 1 aliphatic heterocycles. The Labute approximate surface area is 153 Å². The van der Waals surface area contributed by atoms with E-state index in [2.05, 4.69) is 10.2 Å². The molecule has 0 N–H and O–H groups in total. The summed E-state index contributed by atoms with van der Waals surface area (Å²) in [5, 5.41) is 8.54. The van der Waals surface area contributed by atoms with E-state index in [-0.39, 0.29) is 5.92 Å². The molecule has 6 nitrogen and oxygen atoms in total. The summed E-state index contributed by atoms with van der Waals surface area (Å²) >= 11 is 0. The summed E-state index contributed by atoms with van der Waals surface area (Å²) in [6.45, 7) is 4.93. The van der Waals surface area contributed by atoms with Crippen LogP contribution >= 0.6 is 0 Å². The second-order valence-corrected chi connectivity index (χ2v) is 8.85. The topological polar surface area (TPSA) is 67.6 Å². The third-order valence-electron chi connectivity index (χ3n) is 5.28. The highest BCUT2D eigenvalue weighted by atomic mass is 32.2. The van der Waals surface area contributed by atoms with Gasteiger partial charge in [-0.05, 0) is 62.1 Å². The van der Waals surface area contributed by atoms with Gasteiger partial charge in [-0.25, -0.2) is 8.42 Å². The third-order valence-corrected chi connectivity index (χ3v) is 7.17. The van der Waals surface area contributed by atoms with Crippen molar-refractivity contribution in [2.24, 2.45) is 0 Å². The average molecular weight is 370 g/mol. The fourth-order valence-corrected chi connectivity index (χ4v) is 5.07. The number of benzene rings is 1. The van der Waals surface area contributed by atoms with Crippen LogP contribution in [0.25, 0.3) is 5.65 Å². The standard InChI is InChI=1S/C19H22N4O2S/c1-14-6-7-17(13-15(14)2)26(24,25)22-11-8-16(9-12-22)19-21-20-18-5-3-4-10-23(18)19/h3-7,10,13,16H,8-9,11-12H2,1-2H3. The number of aryl methyl sites for hydroxylation is 2. The van der Waals surface area contributed by atoms with Crippen LogP contribution in [0.4, 0.5) is 0 Å². The van der Waals surface area contributed by atoms with E-state index in [4.69, 9.17) is 0 Å². The van der Waals surface area contributed by atoms with Crippen molar-refractivity contribution in [3.8, 4) is 0 Å². The van der Waals surface area contributed by atoms with Gasteiger partial charge in [-0.1, -0.05) is 12.1 Å². The molecule has 1 aromatic carbocycles. The van der Waals surface area contributed by atoms with Crippen molar-refractivity contribution in [2.45, 2.75) is 37.5 Å². The van der Waals surface area contributed by atoms with Crippen LogP contribution in [-0.4, -0.2) is 40.4 Å². The fourth-order valence-electron chi connectivity index (χ4n) is 3.52. The van der Waals surface area contributed by atoms with Gasteiger partial charge in [0.05, 0.1) is 4.90 Å². The van der Waals surface area contributed by atoms with Crippen molar-refractivity contribution in [3.63, 3.8) is 0 Å². The molecule has 1 saturated heterocycles. The highest BCUT2D eigenvalue weighted by Gasteiger charge is 2.31. The van der Waals surface area contributed by atoms with Gasteiger partial charge >= 0.3 is 0 Å². The minimum Gasteiger partial charge on any atom is -0.286 e. The van der Waals surface area contributed by atoms with Crippen LogP contribution in [0.3, 0.4) is 0 Å². The van der Waals surface area contributed by atoms with Crippen molar-refractivity contribution < 1.29 is 8.42 Å². The normalized spacial score (nSPS) is 17.0. The van der Waals surface area contributed by atoms with Crippen molar-refractivity contribution in [3.05, 3.63) is 59.5 Å². The summed E-state index contributed by atoms with van der Waals surface area (Å²) in [5.74, 6) is 1.14. The van der Waals surface area contributed by atoms with Gasteiger partial charge in [0.25, 0.3) is 0 Å². The van der Waals surface area contributed by atoms with Crippen LogP contribution < -0.4 is 0 Å². The van der Waals surface area contributed by atoms with E-state index in [0.29, 0.717) is 18.0 Å². The highest BCUT2D eigenvalue weighted by Crippen LogP contribution is 2.30. The van der Waals surface area contributed by atoms with Crippen LogP contribution in [0.2, 0.25) is 0 Å². The van der Waals surface area contributed by atoms with Gasteiger partial charge in [0, 0.05) is 25.2 Å². The molecule has 3 aromatic rings. The molecule has 0 spiro atoms. The molecule has 0 amide bonds. The lowest BCUT2D eigenvalue weighted by atomic mass is 9.97. The van der Waals surface area contributed by atoms with Gasteiger partial charge < -0.3 is 0 Å². The minimum atomic E-state index is -3.45. The van der Waals surface area contributed by atoms with Gasteiger partial charge in [-0.15, -0.1) is 10.2 Å². The number of hydrogen-bond donors (Lipinski definition) is 0. The molecule has 0 radical (unpaired) electrons. The molecule has 0 saturated carbocycles. The molecule has 1 aliphatic rings. The minimum absolute atomic E-state index is 0.221. The number of rotatable bonds is 3. The number of pyridine rings is 1. The molecule has 0 bridgehead atoms. The van der Waals surface area contributed by atoms with Crippen molar-refractivity contribution in [1.29, 1.82) is 0 Å². The van der Waals surface area contributed by atoms with Gasteiger partial charge in [-0.2, -0.15) is 4.31 Å². The zero-order valence-electron chi connectivity index (χ0n) is 15.0. The molecule has 4 rings (SSSR count). The summed E-state index contributed by atoms with van der Waals surface area (Å²) in [6, 6.07) is 11.2. The van der Waals surface area contributed by atoms with Gasteiger partial charge in [0.1, 0.15) is 5.82 Å². The Morgan fingerprint density at radius 2 is 1.77 bits per heavy atom. The maximum atomic E-state index is 12.9. The van der Waals surface area contributed by atoms with Crippen LogP contribution in [0.1, 0.15) is 35.7 Å². The molecule has 0 aliphatic carbocycles. The first-order valence-corrected chi connectivity index (χ1v) is 10.3. The van der Waals surface area contributed by atoms with E-state index in [9.17, 15) is 8.42 Å². The molecule has 26 heavy (non-hydrogen) atoms. The van der Waals surface area contributed by atoms with Crippen LogP contribution in [0.5, 0.6) is 0 Å². The van der Waals surface area contributed by atoms with Crippen LogP contribution in [-0.2, 0) is 10.0 Å². The lowest BCUT2D eigenvalue weighted by Crippen LogP contribution is -2.38. The number of aromatic nitrogens is 3. The van der Waals surface area contributed by atoms with Crippen LogP contribution in [0.15, 0.2) is 47.5 Å². The van der Waals surface area contributed by atoms with Gasteiger partial charge in [-0.3, -0.25) is 4.40 Å². The number of hydrogen-bond acceptors (Lipinski definition) is 4. The Hall–Kier alpha value is -2.25. The first kappa shape index (κ1) is 17.2. The number of fused-ring (bicyclic) bond motifs is 1. The van der Waals surface area contributed by atoms with E-state index >= 15 is 0 Å². The first-order chi connectivity index (χ1) is 12.5. The lowest BCUT2D eigenvalue weighted by molar-refractivity contribution is 0.312. The number of nitrogens with zero attached hydrogens (tertiary/aromatic N) is 4. The first-order valence-electron chi connectivity index (χ1n) is 8.84. The molecule has 2 aromatic heterocycles.